The Hall–Kier alpha value is -4.40. The van der Waals surface area contributed by atoms with Crippen molar-refractivity contribution in [2.45, 2.75) is 40.2 Å². The van der Waals surface area contributed by atoms with Crippen LogP contribution in [0.1, 0.15) is 30.5 Å². The molecule has 0 aliphatic carbocycles. The lowest BCUT2D eigenvalue weighted by Crippen LogP contribution is -2.53. The molecule has 0 spiro atoms. The largest absolute Gasteiger partial charge is 0.548 e. The molecule has 0 saturated carbocycles. The van der Waals surface area contributed by atoms with E-state index in [9.17, 15) is 24.3 Å². The number of carboxylic acid groups (broad SMARTS) is 1. The molecule has 37 heavy (non-hydrogen) atoms. The zero-order chi connectivity index (χ0) is 26.9. The molecule has 2 aromatic carbocycles. The minimum absolute atomic E-state index is 0.170. The highest BCUT2D eigenvalue weighted by atomic mass is 16.4. The van der Waals surface area contributed by atoms with Crippen molar-refractivity contribution in [1.82, 2.24) is 10.6 Å². The van der Waals surface area contributed by atoms with Gasteiger partial charge in [-0.25, -0.2) is 4.79 Å². The van der Waals surface area contributed by atoms with Gasteiger partial charge in [0.05, 0.1) is 36.8 Å². The first-order chi connectivity index (χ1) is 17.6. The minimum Gasteiger partial charge on any atom is -0.548 e. The molecular weight excluding hydrogens is 476 g/mol. The maximum atomic E-state index is 12.8. The number of aliphatic carboxylic acids is 1. The van der Waals surface area contributed by atoms with Crippen molar-refractivity contribution in [2.24, 2.45) is 5.92 Å². The van der Waals surface area contributed by atoms with Crippen LogP contribution < -0.4 is 21.4 Å². The van der Waals surface area contributed by atoms with Gasteiger partial charge in [-0.15, -0.1) is 0 Å². The highest BCUT2D eigenvalue weighted by Crippen LogP contribution is 2.37. The molecule has 0 fully saturated rings. The van der Waals surface area contributed by atoms with Gasteiger partial charge in [-0.05, 0) is 37.0 Å². The molecule has 0 radical (unpaired) electrons. The second-order valence-corrected chi connectivity index (χ2v) is 9.33. The molecule has 1 atom stereocenters. The summed E-state index contributed by atoms with van der Waals surface area (Å²) in [5.74, 6) is -3.05. The number of hydrogen-bond acceptors (Lipinski definition) is 7. The summed E-state index contributed by atoms with van der Waals surface area (Å²) in [6.07, 6.45) is 1.36. The van der Waals surface area contributed by atoms with Gasteiger partial charge in [-0.1, -0.05) is 44.2 Å². The average Bonchev–Trinajstić information content (AvgIpc) is 3.29. The van der Waals surface area contributed by atoms with Crippen LogP contribution in [0, 0.1) is 19.8 Å². The van der Waals surface area contributed by atoms with Gasteiger partial charge < -0.3 is 29.4 Å². The van der Waals surface area contributed by atoms with Crippen molar-refractivity contribution >= 4 is 39.7 Å². The van der Waals surface area contributed by atoms with Crippen molar-refractivity contribution in [3.63, 3.8) is 0 Å². The highest BCUT2D eigenvalue weighted by molar-refractivity contribution is 6.05. The Morgan fingerprint density at radius 1 is 0.973 bits per heavy atom. The molecule has 0 unspecified atom stereocenters. The first kappa shape index (κ1) is 25.7. The minimum atomic E-state index is -1.41. The molecule has 2 heterocycles. The Balaban J connectivity index is 1.61. The predicted octanol–water partition coefficient (Wildman–Crippen LogP) is 2.37. The standard InChI is InChI=1S/C28H28N2O7/c1-14(2)24(27(33)34)30-23(32)12-29-22(31)11-19-15(3)18-10-20-21(17-8-6-5-7-9-17)13-36-25(20)16(4)26(18)37-28(19)35/h5-10,13-14,24H,11-12H2,1-4H3,(H,29,31)(H,30,32)(H,33,34)/p-1/t24-/m0/s1. The van der Waals surface area contributed by atoms with Crippen LogP contribution >= 0.6 is 0 Å². The number of fused-ring (bicyclic) bond motifs is 2. The van der Waals surface area contributed by atoms with Gasteiger partial charge in [0, 0.05) is 21.9 Å². The molecule has 9 heteroatoms. The number of carbonyl (C=O) groups excluding carboxylic acids is 3. The lowest BCUT2D eigenvalue weighted by atomic mass is 9.97. The van der Waals surface area contributed by atoms with Gasteiger partial charge >= 0.3 is 5.63 Å². The number of carbonyl (C=O) groups is 3. The topological polar surface area (TPSA) is 142 Å². The van der Waals surface area contributed by atoms with E-state index in [0.717, 1.165) is 16.5 Å². The molecule has 9 nitrogen and oxygen atoms in total. The van der Waals surface area contributed by atoms with E-state index >= 15 is 0 Å². The Morgan fingerprint density at radius 3 is 2.32 bits per heavy atom. The normalized spacial score (nSPS) is 12.1. The van der Waals surface area contributed by atoms with Crippen molar-refractivity contribution in [2.75, 3.05) is 6.54 Å². The summed E-state index contributed by atoms with van der Waals surface area (Å²) >= 11 is 0. The third kappa shape index (κ3) is 5.11. The fourth-order valence-corrected chi connectivity index (χ4v) is 4.37. The third-order valence-corrected chi connectivity index (χ3v) is 6.45. The van der Waals surface area contributed by atoms with E-state index in [4.69, 9.17) is 8.83 Å². The van der Waals surface area contributed by atoms with Gasteiger partial charge in [0.15, 0.2) is 0 Å². The van der Waals surface area contributed by atoms with Crippen LogP contribution in [0.4, 0.5) is 0 Å². The molecule has 2 N–H and O–H groups in total. The Labute approximate surface area is 212 Å². The van der Waals surface area contributed by atoms with Crippen LogP contribution in [0.25, 0.3) is 33.1 Å². The van der Waals surface area contributed by atoms with Gasteiger partial charge in [0.25, 0.3) is 0 Å². The summed E-state index contributed by atoms with van der Waals surface area (Å²) in [7, 11) is 0. The van der Waals surface area contributed by atoms with E-state index in [1.807, 2.05) is 43.3 Å². The summed E-state index contributed by atoms with van der Waals surface area (Å²) in [5, 5.41) is 17.4. The Bertz CT molecular complexity index is 1560. The summed E-state index contributed by atoms with van der Waals surface area (Å²) in [6, 6.07) is 10.5. The lowest BCUT2D eigenvalue weighted by Gasteiger charge is -2.23. The van der Waals surface area contributed by atoms with Crippen LogP contribution in [-0.4, -0.2) is 30.4 Å². The lowest BCUT2D eigenvalue weighted by molar-refractivity contribution is -0.309. The van der Waals surface area contributed by atoms with E-state index in [1.54, 1.807) is 27.0 Å². The van der Waals surface area contributed by atoms with Crippen LogP contribution in [0.3, 0.4) is 0 Å². The van der Waals surface area contributed by atoms with E-state index in [-0.39, 0.29) is 17.9 Å². The second kappa shape index (κ2) is 10.3. The first-order valence-electron chi connectivity index (χ1n) is 11.9. The molecule has 2 amide bonds. The van der Waals surface area contributed by atoms with Gasteiger partial charge in [-0.3, -0.25) is 9.59 Å². The average molecular weight is 504 g/mol. The number of carboxylic acids is 1. The highest BCUT2D eigenvalue weighted by Gasteiger charge is 2.21. The van der Waals surface area contributed by atoms with E-state index in [2.05, 4.69) is 10.6 Å². The molecule has 192 valence electrons. The zero-order valence-corrected chi connectivity index (χ0v) is 21.0. The van der Waals surface area contributed by atoms with Crippen molar-refractivity contribution in [1.29, 1.82) is 0 Å². The van der Waals surface area contributed by atoms with E-state index in [1.165, 1.54) is 0 Å². The molecule has 0 aliphatic heterocycles. The quantitative estimate of drug-likeness (QED) is 0.352. The van der Waals surface area contributed by atoms with Crippen LogP contribution in [-0.2, 0) is 20.8 Å². The smallest absolute Gasteiger partial charge is 0.340 e. The fourth-order valence-electron chi connectivity index (χ4n) is 4.37. The molecule has 0 aliphatic rings. The number of rotatable bonds is 8. The van der Waals surface area contributed by atoms with Crippen LogP contribution in [0.5, 0.6) is 0 Å². The number of furan rings is 1. The first-order valence-corrected chi connectivity index (χ1v) is 11.9. The van der Waals surface area contributed by atoms with E-state index in [0.29, 0.717) is 27.7 Å². The number of benzene rings is 2. The molecule has 4 aromatic rings. The summed E-state index contributed by atoms with van der Waals surface area (Å²) in [5.41, 5.74) is 3.65. The Kier molecular flexibility index (Phi) is 7.15. The van der Waals surface area contributed by atoms with Crippen molar-refractivity contribution in [3.8, 4) is 11.1 Å². The monoisotopic (exact) mass is 503 g/mol. The maximum absolute atomic E-state index is 12.8. The molecule has 4 rings (SSSR count). The number of nitrogens with one attached hydrogen (secondary N) is 2. The van der Waals surface area contributed by atoms with Gasteiger partial charge in [0.2, 0.25) is 11.8 Å². The molecule has 2 aromatic heterocycles. The van der Waals surface area contributed by atoms with Crippen molar-refractivity contribution < 1.29 is 28.3 Å². The fraction of sp³-hybridized carbons (Fsp3) is 0.286. The molecule has 0 saturated heterocycles. The van der Waals surface area contributed by atoms with Crippen molar-refractivity contribution in [3.05, 3.63) is 69.8 Å². The number of amides is 2. The number of aryl methyl sites for hydroxylation is 2. The summed E-state index contributed by atoms with van der Waals surface area (Å²) in [4.78, 5) is 48.7. The second-order valence-electron chi connectivity index (χ2n) is 9.33. The SMILES string of the molecule is Cc1c(CC(=O)NCC(=O)N[C@H](C(=O)[O-])C(C)C)c(=O)oc2c(C)c3occ(-c4ccccc4)c3cc12. The van der Waals surface area contributed by atoms with E-state index < -0.39 is 36.0 Å². The van der Waals surface area contributed by atoms with Crippen LogP contribution in [0.15, 0.2) is 56.3 Å². The molecule has 0 bridgehead atoms. The summed E-state index contributed by atoms with van der Waals surface area (Å²) in [6.45, 7) is 6.37. The predicted molar refractivity (Wildman–Crippen MR) is 136 cm³/mol. The maximum Gasteiger partial charge on any atom is 0.340 e. The van der Waals surface area contributed by atoms with Gasteiger partial charge in [0.1, 0.15) is 11.2 Å². The molecular formula is C28H27N2O7-. The Morgan fingerprint density at radius 2 is 1.68 bits per heavy atom. The van der Waals surface area contributed by atoms with Gasteiger partial charge in [-0.2, -0.15) is 0 Å². The number of hydrogen-bond donors (Lipinski definition) is 2. The zero-order valence-electron chi connectivity index (χ0n) is 21.0. The summed E-state index contributed by atoms with van der Waals surface area (Å²) < 4.78 is 11.4. The van der Waals surface area contributed by atoms with Crippen LogP contribution in [0.2, 0.25) is 0 Å². The third-order valence-electron chi connectivity index (χ3n) is 6.45.